The highest BCUT2D eigenvalue weighted by Crippen LogP contribution is 2.43. The molecule has 1 fully saturated rings. The summed E-state index contributed by atoms with van der Waals surface area (Å²) in [6.07, 6.45) is 5.17. The Bertz CT molecular complexity index is 2180. The Hall–Kier alpha value is -4.77. The molecule has 0 unspecified atom stereocenters. The lowest BCUT2D eigenvalue weighted by Gasteiger charge is -2.35. The highest BCUT2D eigenvalue weighted by Gasteiger charge is 2.32. The van der Waals surface area contributed by atoms with Crippen LogP contribution in [0, 0.1) is 19.3 Å². The third kappa shape index (κ3) is 6.76. The fourth-order valence-electron chi connectivity index (χ4n) is 6.85. The second-order valence-electron chi connectivity index (χ2n) is 14.6. The largest absolute Gasteiger partial charge is 0.475 e. The lowest BCUT2D eigenvalue weighted by atomic mass is 9.87. The summed E-state index contributed by atoms with van der Waals surface area (Å²) < 4.78 is 38.5. The number of nitrogens with zero attached hydrogens (tertiary/aromatic N) is 5. The van der Waals surface area contributed by atoms with Crippen molar-refractivity contribution in [3.63, 3.8) is 0 Å². The second kappa shape index (κ2) is 12.3. The van der Waals surface area contributed by atoms with Crippen molar-refractivity contribution in [2.45, 2.75) is 77.3 Å². The van der Waals surface area contributed by atoms with E-state index >= 15 is 0 Å². The van der Waals surface area contributed by atoms with Gasteiger partial charge in [0.15, 0.2) is 0 Å². The van der Waals surface area contributed by atoms with Crippen LogP contribution in [0.3, 0.4) is 0 Å². The van der Waals surface area contributed by atoms with Gasteiger partial charge >= 0.3 is 0 Å². The van der Waals surface area contributed by atoms with E-state index in [1.165, 1.54) is 30.5 Å². The van der Waals surface area contributed by atoms with Gasteiger partial charge in [0.05, 0.1) is 28.9 Å². The van der Waals surface area contributed by atoms with Crippen molar-refractivity contribution >= 4 is 32.9 Å². The van der Waals surface area contributed by atoms with Crippen molar-refractivity contribution in [2.75, 3.05) is 11.3 Å². The molecule has 10 nitrogen and oxygen atoms in total. The first-order chi connectivity index (χ1) is 23.3. The number of pyridine rings is 1. The predicted molar refractivity (Wildman–Crippen MR) is 190 cm³/mol. The summed E-state index contributed by atoms with van der Waals surface area (Å²) >= 11 is 0. The first-order valence-electron chi connectivity index (χ1n) is 16.7. The van der Waals surface area contributed by atoms with Crippen LogP contribution >= 0.6 is 0 Å². The molecule has 2 aliphatic rings. The number of sulfonamides is 1. The molecule has 0 radical (unpaired) electrons. The molecule has 11 heteroatoms. The van der Waals surface area contributed by atoms with Crippen LogP contribution in [0.4, 0.5) is 5.95 Å². The topological polar surface area (TPSA) is 119 Å². The predicted octanol–water partition coefficient (Wildman–Crippen LogP) is 7.16. The van der Waals surface area contributed by atoms with Gasteiger partial charge in [-0.1, -0.05) is 45.0 Å². The fraction of sp³-hybridized carbons (Fsp3) is 0.368. The van der Waals surface area contributed by atoms with Crippen molar-refractivity contribution in [3.05, 3.63) is 94.8 Å². The van der Waals surface area contributed by atoms with Crippen LogP contribution in [0.1, 0.15) is 78.7 Å². The van der Waals surface area contributed by atoms with E-state index in [1.54, 1.807) is 23.1 Å². The molecule has 4 heterocycles. The highest BCUT2D eigenvalue weighted by atomic mass is 32.2. The Labute approximate surface area is 287 Å². The van der Waals surface area contributed by atoms with Gasteiger partial charge in [-0.25, -0.2) is 23.1 Å². The molecule has 0 saturated heterocycles. The monoisotopic (exact) mass is 678 g/mol. The number of benzene rings is 2. The molecule has 5 aromatic rings. The normalized spacial score (nSPS) is 17.9. The molecule has 1 amide bonds. The number of anilines is 1. The van der Waals surface area contributed by atoms with Crippen LogP contribution in [0.2, 0.25) is 0 Å². The molecule has 254 valence electrons. The van der Waals surface area contributed by atoms with Gasteiger partial charge in [-0.2, -0.15) is 4.98 Å². The minimum atomic E-state index is -4.17. The molecule has 7 rings (SSSR count). The minimum absolute atomic E-state index is 0.0653. The number of amides is 1. The van der Waals surface area contributed by atoms with Crippen molar-refractivity contribution in [1.82, 2.24) is 24.4 Å². The number of carbonyl (C=O) groups excluding carboxylic acids is 1. The number of hydrogen-bond donors (Lipinski definition) is 1. The molecule has 1 atom stereocenters. The Kier molecular flexibility index (Phi) is 8.21. The molecular formula is C38H42N6O4S. The summed E-state index contributed by atoms with van der Waals surface area (Å²) in [7, 11) is -2.16. The Balaban J connectivity index is 1.35. The lowest BCUT2D eigenvalue weighted by Crippen LogP contribution is -2.45. The second-order valence-corrected chi connectivity index (χ2v) is 16.3. The molecule has 1 aliphatic carbocycles. The number of aryl methyl sites for hydroxylation is 3. The summed E-state index contributed by atoms with van der Waals surface area (Å²) in [6.45, 7) is 10.7. The molecule has 49 heavy (non-hydrogen) atoms. The standard InChI is InChI=1S/C38H42N6O4S/c1-23-9-7-10-24(2)34(23)32-18-33-41-37(40-32)42-49(46,47)29-12-8-11-26(17-29)36(45)44(28(22-48-33)19-38(3,4)5)20-27-15-16-30-31(25-13-14-25)21-43(6)35(30)39-27/h7-12,15-18,21,25,28H,13-14,19-20,22H2,1-6H3,(H,40,41,42)/t28-/m1/s1. The van der Waals surface area contributed by atoms with Gasteiger partial charge in [0.25, 0.3) is 15.9 Å². The maximum Gasteiger partial charge on any atom is 0.264 e. The summed E-state index contributed by atoms with van der Waals surface area (Å²) in [4.78, 5) is 30.4. The molecule has 1 N–H and O–H groups in total. The van der Waals surface area contributed by atoms with Crippen LogP contribution in [-0.4, -0.2) is 51.4 Å². The van der Waals surface area contributed by atoms with Gasteiger partial charge in [0.1, 0.15) is 12.3 Å². The van der Waals surface area contributed by atoms with Crippen LogP contribution in [0.25, 0.3) is 22.3 Å². The van der Waals surface area contributed by atoms with Gasteiger partial charge in [-0.15, -0.1) is 0 Å². The van der Waals surface area contributed by atoms with Gasteiger partial charge in [-0.3, -0.25) is 4.79 Å². The smallest absolute Gasteiger partial charge is 0.264 e. The maximum absolute atomic E-state index is 14.6. The summed E-state index contributed by atoms with van der Waals surface area (Å²) in [5, 5.41) is 1.14. The summed E-state index contributed by atoms with van der Waals surface area (Å²) in [5.41, 5.74) is 6.39. The Morgan fingerprint density at radius 2 is 1.69 bits per heavy atom. The van der Waals surface area contributed by atoms with Gasteiger partial charge in [0, 0.05) is 35.8 Å². The number of rotatable bonds is 5. The molecule has 4 bridgehead atoms. The van der Waals surface area contributed by atoms with E-state index in [4.69, 9.17) is 9.72 Å². The SMILES string of the molecule is Cc1cccc(C)c1-c1cc2nc(n1)NS(=O)(=O)c1cccc(c1)C(=O)N(Cc1ccc3c(C4CC4)cn(C)c3n1)[C@H](CC(C)(C)C)CO2. The van der Waals surface area contributed by atoms with E-state index < -0.39 is 16.1 Å². The van der Waals surface area contributed by atoms with Gasteiger partial charge < -0.3 is 14.2 Å². The summed E-state index contributed by atoms with van der Waals surface area (Å²) in [6, 6.07) is 17.5. The van der Waals surface area contributed by atoms with E-state index in [1.807, 2.05) is 45.2 Å². The minimum Gasteiger partial charge on any atom is -0.475 e. The van der Waals surface area contributed by atoms with Crippen LogP contribution in [0.15, 0.2) is 71.8 Å². The van der Waals surface area contributed by atoms with E-state index in [2.05, 4.69) is 52.3 Å². The number of ether oxygens (including phenoxy) is 1. The van der Waals surface area contributed by atoms with Crippen LogP contribution in [0.5, 0.6) is 5.88 Å². The zero-order valence-corrected chi connectivity index (χ0v) is 29.6. The number of carbonyl (C=O) groups is 1. The van der Waals surface area contributed by atoms with Gasteiger partial charge in [0.2, 0.25) is 11.8 Å². The fourth-order valence-corrected chi connectivity index (χ4v) is 7.84. The lowest BCUT2D eigenvalue weighted by molar-refractivity contribution is 0.0509. The average molecular weight is 679 g/mol. The molecular weight excluding hydrogens is 637 g/mol. The van der Waals surface area contributed by atoms with E-state index in [9.17, 15) is 13.2 Å². The zero-order valence-electron chi connectivity index (χ0n) is 28.8. The molecule has 2 aromatic carbocycles. The molecule has 0 spiro atoms. The van der Waals surface area contributed by atoms with E-state index in [0.29, 0.717) is 18.0 Å². The average Bonchev–Trinajstić information content (AvgIpc) is 3.83. The third-order valence-corrected chi connectivity index (χ3v) is 10.6. The van der Waals surface area contributed by atoms with Crippen LogP contribution in [-0.2, 0) is 23.6 Å². The summed E-state index contributed by atoms with van der Waals surface area (Å²) in [5.74, 6) is 0.371. The number of nitrogens with one attached hydrogen (secondary N) is 1. The molecule has 3 aromatic heterocycles. The van der Waals surface area contributed by atoms with Crippen molar-refractivity contribution in [2.24, 2.45) is 12.5 Å². The van der Waals surface area contributed by atoms with Gasteiger partial charge in [-0.05, 0) is 91.5 Å². The van der Waals surface area contributed by atoms with Crippen molar-refractivity contribution in [1.29, 1.82) is 0 Å². The van der Waals surface area contributed by atoms with Crippen LogP contribution < -0.4 is 9.46 Å². The van der Waals surface area contributed by atoms with E-state index in [-0.39, 0.29) is 46.8 Å². The zero-order chi connectivity index (χ0) is 34.7. The van der Waals surface area contributed by atoms with E-state index in [0.717, 1.165) is 33.4 Å². The maximum atomic E-state index is 14.6. The quantitative estimate of drug-likeness (QED) is 0.209. The van der Waals surface area contributed by atoms with Crippen molar-refractivity contribution < 1.29 is 17.9 Å². The number of hydrogen-bond acceptors (Lipinski definition) is 7. The number of fused-ring (bicyclic) bond motifs is 5. The number of aromatic nitrogens is 4. The molecule has 1 saturated carbocycles. The first-order valence-corrected chi connectivity index (χ1v) is 18.2. The highest BCUT2D eigenvalue weighted by molar-refractivity contribution is 7.92. The first kappa shape index (κ1) is 32.8. The Morgan fingerprint density at radius 1 is 0.959 bits per heavy atom. The third-order valence-electron chi connectivity index (χ3n) is 9.29. The Morgan fingerprint density at radius 3 is 2.41 bits per heavy atom. The molecule has 1 aliphatic heterocycles. The van der Waals surface area contributed by atoms with Crippen molar-refractivity contribution in [3.8, 4) is 17.1 Å².